The van der Waals surface area contributed by atoms with E-state index in [1.54, 1.807) is 20.8 Å². The van der Waals surface area contributed by atoms with Crippen molar-refractivity contribution in [1.82, 2.24) is 15.5 Å². The molecule has 1 aromatic rings. The molecule has 1 unspecified atom stereocenters. The molecule has 3 amide bonds. The minimum atomic E-state index is -0.660. The Bertz CT molecular complexity index is 914. The van der Waals surface area contributed by atoms with Gasteiger partial charge in [-0.25, -0.2) is 4.79 Å². The first-order valence-electron chi connectivity index (χ1n) is 11.4. The van der Waals surface area contributed by atoms with Gasteiger partial charge in [-0.2, -0.15) is 0 Å². The van der Waals surface area contributed by atoms with Gasteiger partial charge in [-0.1, -0.05) is 38.1 Å². The molecule has 0 saturated heterocycles. The molecule has 174 valence electrons. The Hall–Kier alpha value is -2.83. The van der Waals surface area contributed by atoms with E-state index in [0.717, 1.165) is 19.3 Å². The number of amides is 3. The number of ether oxygens (including phenoxy) is 1. The summed E-state index contributed by atoms with van der Waals surface area (Å²) in [4.78, 5) is 38.8. The third kappa shape index (κ3) is 5.90. The van der Waals surface area contributed by atoms with Crippen LogP contribution in [0.4, 0.5) is 4.79 Å². The van der Waals surface area contributed by atoms with Crippen LogP contribution in [0, 0.1) is 5.92 Å². The Balaban J connectivity index is 1.59. The maximum Gasteiger partial charge on any atom is 0.408 e. The summed E-state index contributed by atoms with van der Waals surface area (Å²) in [5.74, 6) is -0.0722. The lowest BCUT2D eigenvalue weighted by Gasteiger charge is -2.38. The van der Waals surface area contributed by atoms with E-state index in [4.69, 9.17) is 4.74 Å². The van der Waals surface area contributed by atoms with Gasteiger partial charge in [-0.3, -0.25) is 9.59 Å². The average Bonchev–Trinajstić information content (AvgIpc) is 3.08. The molecule has 3 rings (SSSR count). The normalized spacial score (nSPS) is 17.7. The molecule has 0 aromatic heterocycles. The van der Waals surface area contributed by atoms with Crippen LogP contribution in [0.2, 0.25) is 0 Å². The van der Waals surface area contributed by atoms with Crippen molar-refractivity contribution in [2.24, 2.45) is 5.92 Å². The quantitative estimate of drug-likeness (QED) is 0.709. The number of hydrogen-bond acceptors (Lipinski definition) is 4. The predicted molar refractivity (Wildman–Crippen MR) is 124 cm³/mol. The second-order valence-electron chi connectivity index (χ2n) is 9.95. The van der Waals surface area contributed by atoms with E-state index in [1.165, 1.54) is 22.3 Å². The maximum atomic E-state index is 13.1. The molecule has 2 aliphatic rings. The van der Waals surface area contributed by atoms with Crippen molar-refractivity contribution in [3.63, 3.8) is 0 Å². The minimum absolute atomic E-state index is 0.0513. The van der Waals surface area contributed by atoms with Crippen LogP contribution in [0.1, 0.15) is 58.6 Å². The molecular weight excluding hydrogens is 406 g/mol. The van der Waals surface area contributed by atoms with Gasteiger partial charge in [-0.05, 0) is 68.2 Å². The zero-order valence-electron chi connectivity index (χ0n) is 19.8. The van der Waals surface area contributed by atoms with Crippen molar-refractivity contribution in [3.05, 3.63) is 41.0 Å². The second-order valence-corrected chi connectivity index (χ2v) is 9.95. The summed E-state index contributed by atoms with van der Waals surface area (Å²) in [5.41, 5.74) is 4.76. The average molecular weight is 442 g/mol. The third-order valence-electron chi connectivity index (χ3n) is 5.74. The first-order chi connectivity index (χ1) is 15.0. The lowest BCUT2D eigenvalue weighted by Crippen LogP contribution is -2.50. The van der Waals surface area contributed by atoms with E-state index in [2.05, 4.69) is 48.7 Å². The van der Waals surface area contributed by atoms with Gasteiger partial charge >= 0.3 is 6.09 Å². The summed E-state index contributed by atoms with van der Waals surface area (Å²) in [6, 6.07) is 8.54. The van der Waals surface area contributed by atoms with Crippen molar-refractivity contribution in [1.29, 1.82) is 0 Å². The van der Waals surface area contributed by atoms with Crippen molar-refractivity contribution in [2.45, 2.75) is 65.5 Å². The Morgan fingerprint density at radius 2 is 1.84 bits per heavy atom. The third-order valence-corrected chi connectivity index (χ3v) is 5.74. The Morgan fingerprint density at radius 3 is 2.53 bits per heavy atom. The van der Waals surface area contributed by atoms with Crippen LogP contribution in [0.3, 0.4) is 0 Å². The predicted octanol–water partition coefficient (Wildman–Crippen LogP) is 3.28. The summed E-state index contributed by atoms with van der Waals surface area (Å²) < 4.78 is 5.12. The molecule has 1 aromatic carbocycles. The monoisotopic (exact) mass is 441 g/mol. The molecule has 32 heavy (non-hydrogen) atoms. The van der Waals surface area contributed by atoms with Crippen LogP contribution in [-0.2, 0) is 20.7 Å². The van der Waals surface area contributed by atoms with Gasteiger partial charge in [0, 0.05) is 6.54 Å². The van der Waals surface area contributed by atoms with Crippen LogP contribution >= 0.6 is 0 Å². The zero-order valence-corrected chi connectivity index (χ0v) is 19.8. The minimum Gasteiger partial charge on any atom is -0.444 e. The number of rotatable bonds is 6. The molecule has 1 atom stereocenters. The molecule has 2 N–H and O–H groups in total. The number of benzene rings is 1. The Kier molecular flexibility index (Phi) is 7.26. The van der Waals surface area contributed by atoms with E-state index in [1.807, 2.05) is 4.90 Å². The molecule has 7 nitrogen and oxygen atoms in total. The summed E-state index contributed by atoms with van der Waals surface area (Å²) in [6.45, 7) is 9.92. The second kappa shape index (κ2) is 9.76. The fraction of sp³-hybridized carbons (Fsp3) is 0.560. The number of hydrogen-bond donors (Lipinski definition) is 2. The molecule has 1 heterocycles. The van der Waals surface area contributed by atoms with Crippen LogP contribution in [0.5, 0.6) is 0 Å². The molecule has 0 saturated carbocycles. The summed E-state index contributed by atoms with van der Waals surface area (Å²) in [6.07, 6.45) is 1.96. The number of alkyl carbamates (subject to hydrolysis) is 1. The zero-order chi connectivity index (χ0) is 23.5. The van der Waals surface area contributed by atoms with Crippen molar-refractivity contribution in [3.8, 4) is 0 Å². The molecule has 0 radical (unpaired) electrons. The number of fused-ring (bicyclic) bond motifs is 2. The Labute approximate surface area is 190 Å². The van der Waals surface area contributed by atoms with Gasteiger partial charge in [0.1, 0.15) is 12.1 Å². The topological polar surface area (TPSA) is 87.7 Å². The summed E-state index contributed by atoms with van der Waals surface area (Å²) >= 11 is 0. The lowest BCUT2D eigenvalue weighted by atomic mass is 9.87. The molecule has 0 fully saturated rings. The fourth-order valence-electron chi connectivity index (χ4n) is 4.46. The molecular formula is C25H35N3O4. The number of nitrogens with zero attached hydrogens (tertiary/aromatic N) is 1. The molecule has 7 heteroatoms. The lowest BCUT2D eigenvalue weighted by molar-refractivity contribution is -0.134. The summed E-state index contributed by atoms with van der Waals surface area (Å²) in [7, 11) is 0. The maximum absolute atomic E-state index is 13.1. The van der Waals surface area contributed by atoms with Crippen molar-refractivity contribution < 1.29 is 19.1 Å². The molecule has 1 aliphatic heterocycles. The van der Waals surface area contributed by atoms with Gasteiger partial charge < -0.3 is 20.3 Å². The van der Waals surface area contributed by atoms with E-state index < -0.39 is 17.6 Å². The van der Waals surface area contributed by atoms with Crippen LogP contribution < -0.4 is 10.6 Å². The van der Waals surface area contributed by atoms with E-state index >= 15 is 0 Å². The SMILES string of the molecule is CC(C)CC1C2=C(CCN1C(=O)CNC(=O)CNC(=O)OC(C)(C)C)c1ccccc1C2. The van der Waals surface area contributed by atoms with Gasteiger partial charge in [0.25, 0.3) is 0 Å². The first-order valence-corrected chi connectivity index (χ1v) is 11.4. The first kappa shape index (κ1) is 23.8. The van der Waals surface area contributed by atoms with Gasteiger partial charge in [0.2, 0.25) is 11.8 Å². The largest absolute Gasteiger partial charge is 0.444 e. The van der Waals surface area contributed by atoms with Gasteiger partial charge in [0.05, 0.1) is 12.6 Å². The van der Waals surface area contributed by atoms with Gasteiger partial charge in [-0.15, -0.1) is 0 Å². The van der Waals surface area contributed by atoms with Gasteiger partial charge in [0.15, 0.2) is 0 Å². The highest BCUT2D eigenvalue weighted by molar-refractivity contribution is 5.88. The molecule has 0 bridgehead atoms. The summed E-state index contributed by atoms with van der Waals surface area (Å²) in [5, 5.41) is 5.04. The standard InChI is InChI=1S/C25H35N3O4/c1-16(2)12-21-20-13-17-8-6-7-9-18(17)19(20)10-11-28(21)23(30)15-26-22(29)14-27-24(31)32-25(3,4)5/h6-9,16,21H,10-15H2,1-5H3,(H,26,29)(H,27,31). The highest BCUT2D eigenvalue weighted by Gasteiger charge is 2.36. The number of carbonyl (C=O) groups excluding carboxylic acids is 3. The van der Waals surface area contributed by atoms with Crippen molar-refractivity contribution in [2.75, 3.05) is 19.6 Å². The molecule has 1 aliphatic carbocycles. The fourth-order valence-corrected chi connectivity index (χ4v) is 4.46. The number of carbonyl (C=O) groups is 3. The van der Waals surface area contributed by atoms with E-state index in [-0.39, 0.29) is 25.0 Å². The molecule has 0 spiro atoms. The number of nitrogens with one attached hydrogen (secondary N) is 2. The van der Waals surface area contributed by atoms with Crippen LogP contribution in [-0.4, -0.2) is 54.1 Å². The highest BCUT2D eigenvalue weighted by atomic mass is 16.6. The van der Waals surface area contributed by atoms with Crippen LogP contribution in [0.25, 0.3) is 5.57 Å². The van der Waals surface area contributed by atoms with Crippen molar-refractivity contribution >= 4 is 23.5 Å². The van der Waals surface area contributed by atoms with E-state index in [9.17, 15) is 14.4 Å². The van der Waals surface area contributed by atoms with Crippen LogP contribution in [0.15, 0.2) is 29.8 Å². The highest BCUT2D eigenvalue weighted by Crippen LogP contribution is 2.42. The smallest absolute Gasteiger partial charge is 0.408 e. The Morgan fingerprint density at radius 1 is 1.12 bits per heavy atom. The van der Waals surface area contributed by atoms with E-state index in [0.29, 0.717) is 12.5 Å².